The molecule has 2 aromatic carbocycles. The lowest BCUT2D eigenvalue weighted by Crippen LogP contribution is -2.11. The minimum Gasteiger partial charge on any atom is -0.502 e. The number of ether oxygens (including phenoxy) is 2. The van der Waals surface area contributed by atoms with Crippen molar-refractivity contribution in [1.82, 2.24) is 4.68 Å². The number of aromatic nitrogens is 1. The number of thiazole rings is 1. The number of methoxy groups -OCH3 is 2. The second kappa shape index (κ2) is 8.57. The Morgan fingerprint density at radius 1 is 1.21 bits per heavy atom. The molecule has 150 valence electrons. The van der Waals surface area contributed by atoms with Crippen LogP contribution in [0.1, 0.15) is 5.56 Å². The van der Waals surface area contributed by atoms with Crippen molar-refractivity contribution >= 4 is 23.2 Å². The van der Waals surface area contributed by atoms with E-state index in [1.54, 1.807) is 42.2 Å². The number of nitro groups is 1. The van der Waals surface area contributed by atoms with E-state index >= 15 is 0 Å². The largest absolute Gasteiger partial charge is 0.502 e. The van der Waals surface area contributed by atoms with E-state index in [2.05, 4.69) is 10.1 Å². The zero-order valence-electron chi connectivity index (χ0n) is 15.9. The average molecular weight is 414 g/mol. The highest BCUT2D eigenvalue weighted by molar-refractivity contribution is 7.07. The maximum absolute atomic E-state index is 11.1. The van der Waals surface area contributed by atoms with Gasteiger partial charge in [-0.15, -0.1) is 11.3 Å². The van der Waals surface area contributed by atoms with Gasteiger partial charge in [-0.2, -0.15) is 5.10 Å². The van der Waals surface area contributed by atoms with E-state index in [1.165, 1.54) is 37.7 Å². The number of hydrogen-bond donors (Lipinski definition) is 1. The Labute approximate surface area is 170 Å². The normalized spacial score (nSPS) is 11.8. The lowest BCUT2D eigenvalue weighted by atomic mass is 10.1. The first-order chi connectivity index (χ1) is 14.0. The van der Waals surface area contributed by atoms with Crippen molar-refractivity contribution in [3.63, 3.8) is 0 Å². The molecule has 0 unspecified atom stereocenters. The lowest BCUT2D eigenvalue weighted by molar-refractivity contribution is -0.384. The monoisotopic (exact) mass is 414 g/mol. The molecule has 0 saturated heterocycles. The smallest absolute Gasteiger partial charge is 0.270 e. The van der Waals surface area contributed by atoms with E-state index in [9.17, 15) is 15.2 Å². The van der Waals surface area contributed by atoms with Crippen molar-refractivity contribution < 1.29 is 19.5 Å². The zero-order chi connectivity index (χ0) is 21.0. The fourth-order valence-corrected chi connectivity index (χ4v) is 3.46. The Bertz CT molecular complexity index is 1120. The van der Waals surface area contributed by atoms with Gasteiger partial charge < -0.3 is 14.6 Å². The quantitative estimate of drug-likeness (QED) is 0.378. The summed E-state index contributed by atoms with van der Waals surface area (Å²) in [4.78, 5) is 15.5. The van der Waals surface area contributed by atoms with Gasteiger partial charge in [-0.25, -0.2) is 4.68 Å². The molecule has 0 fully saturated rings. The molecule has 0 saturated carbocycles. The molecule has 0 radical (unpaired) electrons. The molecule has 29 heavy (non-hydrogen) atoms. The highest BCUT2D eigenvalue weighted by Crippen LogP contribution is 2.36. The summed E-state index contributed by atoms with van der Waals surface area (Å²) < 4.78 is 11.9. The predicted molar refractivity (Wildman–Crippen MR) is 110 cm³/mol. The van der Waals surface area contributed by atoms with E-state index in [-0.39, 0.29) is 22.9 Å². The van der Waals surface area contributed by atoms with Crippen molar-refractivity contribution in [2.24, 2.45) is 10.1 Å². The first-order valence-corrected chi connectivity index (χ1v) is 9.24. The maximum Gasteiger partial charge on any atom is 0.270 e. The third kappa shape index (κ3) is 4.11. The van der Waals surface area contributed by atoms with Gasteiger partial charge in [-0.3, -0.25) is 15.1 Å². The van der Waals surface area contributed by atoms with Gasteiger partial charge in [0, 0.05) is 35.7 Å². The molecule has 0 bridgehead atoms. The molecule has 9 nitrogen and oxygen atoms in total. The molecule has 1 N–H and O–H groups in total. The molecule has 0 amide bonds. The predicted octanol–water partition coefficient (Wildman–Crippen LogP) is 3.26. The number of non-ortho nitro benzene ring substituents is 1. The molecular weight excluding hydrogens is 396 g/mol. The average Bonchev–Trinajstić information content (AvgIpc) is 3.15. The second-order valence-electron chi connectivity index (χ2n) is 5.76. The van der Waals surface area contributed by atoms with Gasteiger partial charge in [0.2, 0.25) is 10.6 Å². The standard InChI is InChI=1S/C19H18N4O5S/c1-20-19-22(15(11-29-19)13-5-4-6-14(9-13)23(25)26)21-10-12-7-16(27-2)18(24)17(8-12)28-3/h4-11,24H,1-3H3/b20-19?,21-10+. The van der Waals surface area contributed by atoms with Crippen molar-refractivity contribution in [2.45, 2.75) is 0 Å². The summed E-state index contributed by atoms with van der Waals surface area (Å²) in [7, 11) is 4.52. The molecule has 1 aromatic heterocycles. The van der Waals surface area contributed by atoms with Crippen LogP contribution in [0.2, 0.25) is 0 Å². The van der Waals surface area contributed by atoms with Crippen LogP contribution >= 0.6 is 11.3 Å². The summed E-state index contributed by atoms with van der Waals surface area (Å²) in [6.07, 6.45) is 1.56. The molecule has 0 atom stereocenters. The van der Waals surface area contributed by atoms with E-state index < -0.39 is 4.92 Å². The number of phenols is 1. The molecule has 0 spiro atoms. The Morgan fingerprint density at radius 3 is 2.48 bits per heavy atom. The van der Waals surface area contributed by atoms with Crippen LogP contribution in [0.15, 0.2) is 51.9 Å². The Balaban J connectivity index is 2.08. The fraction of sp³-hybridized carbons (Fsp3) is 0.158. The zero-order valence-corrected chi connectivity index (χ0v) is 16.7. The van der Waals surface area contributed by atoms with Crippen LogP contribution in [0, 0.1) is 10.1 Å². The molecule has 1 heterocycles. The SMILES string of the molecule is CN=c1scc(-c2cccc([N+](=O)[O-])c2)n1/N=C/c1cc(OC)c(O)c(OC)c1. The number of nitrogens with zero attached hydrogens (tertiary/aromatic N) is 4. The van der Waals surface area contributed by atoms with Gasteiger partial charge in [0.15, 0.2) is 11.5 Å². The molecule has 0 aliphatic carbocycles. The minimum atomic E-state index is -0.441. The summed E-state index contributed by atoms with van der Waals surface area (Å²) in [6, 6.07) is 9.54. The third-order valence-electron chi connectivity index (χ3n) is 4.05. The van der Waals surface area contributed by atoms with E-state index in [4.69, 9.17) is 9.47 Å². The van der Waals surface area contributed by atoms with Gasteiger partial charge >= 0.3 is 0 Å². The van der Waals surface area contributed by atoms with Crippen LogP contribution in [0.5, 0.6) is 17.2 Å². The molecular formula is C19H18N4O5S. The van der Waals surface area contributed by atoms with Crippen LogP contribution in [-0.2, 0) is 0 Å². The Hall–Kier alpha value is -3.66. The van der Waals surface area contributed by atoms with E-state index in [0.717, 1.165) is 0 Å². The van der Waals surface area contributed by atoms with Crippen LogP contribution in [0.4, 0.5) is 5.69 Å². The van der Waals surface area contributed by atoms with E-state index in [1.807, 2.05) is 5.38 Å². The topological polar surface area (TPSA) is 111 Å². The van der Waals surface area contributed by atoms with E-state index in [0.29, 0.717) is 21.6 Å². The van der Waals surface area contributed by atoms with Crippen molar-refractivity contribution in [3.8, 4) is 28.5 Å². The van der Waals surface area contributed by atoms with Crippen molar-refractivity contribution in [2.75, 3.05) is 21.3 Å². The summed E-state index contributed by atoms with van der Waals surface area (Å²) >= 11 is 1.36. The number of hydrogen-bond acceptors (Lipinski definition) is 8. The second-order valence-corrected chi connectivity index (χ2v) is 6.60. The van der Waals surface area contributed by atoms with Crippen LogP contribution in [0.25, 0.3) is 11.3 Å². The summed E-state index contributed by atoms with van der Waals surface area (Å²) in [5, 5.41) is 27.5. The number of benzene rings is 2. The van der Waals surface area contributed by atoms with Gasteiger partial charge in [-0.1, -0.05) is 12.1 Å². The van der Waals surface area contributed by atoms with Gasteiger partial charge in [0.1, 0.15) is 0 Å². The van der Waals surface area contributed by atoms with Crippen LogP contribution in [-0.4, -0.2) is 42.2 Å². The Kier molecular flexibility index (Phi) is 5.93. The highest BCUT2D eigenvalue weighted by atomic mass is 32.1. The number of phenolic OH excluding ortho intramolecular Hbond substituents is 1. The van der Waals surface area contributed by atoms with Crippen LogP contribution < -0.4 is 14.3 Å². The molecule has 0 aliphatic heterocycles. The van der Waals surface area contributed by atoms with Crippen molar-refractivity contribution in [1.29, 1.82) is 0 Å². The lowest BCUT2D eigenvalue weighted by Gasteiger charge is -2.09. The van der Waals surface area contributed by atoms with Gasteiger partial charge in [0.25, 0.3) is 5.69 Å². The molecule has 0 aliphatic rings. The fourth-order valence-electron chi connectivity index (χ4n) is 2.65. The summed E-state index contributed by atoms with van der Waals surface area (Å²) in [5.41, 5.74) is 1.92. The van der Waals surface area contributed by atoms with Gasteiger partial charge in [0.05, 0.1) is 31.1 Å². The molecule has 3 rings (SSSR count). The summed E-state index contributed by atoms with van der Waals surface area (Å²) in [5.74, 6) is 0.401. The number of rotatable bonds is 6. The minimum absolute atomic E-state index is 0.00720. The first-order valence-electron chi connectivity index (χ1n) is 8.36. The molecule has 3 aromatic rings. The summed E-state index contributed by atoms with van der Waals surface area (Å²) in [6.45, 7) is 0. The van der Waals surface area contributed by atoms with Crippen molar-refractivity contribution in [3.05, 3.63) is 62.3 Å². The first kappa shape index (κ1) is 20.1. The van der Waals surface area contributed by atoms with Gasteiger partial charge in [-0.05, 0) is 12.1 Å². The number of aromatic hydroxyl groups is 1. The number of nitro benzene ring substituents is 1. The molecule has 10 heteroatoms. The van der Waals surface area contributed by atoms with Crippen LogP contribution in [0.3, 0.4) is 0 Å². The maximum atomic E-state index is 11.1. The highest BCUT2D eigenvalue weighted by Gasteiger charge is 2.13. The Morgan fingerprint density at radius 2 is 1.90 bits per heavy atom. The third-order valence-corrected chi connectivity index (χ3v) is 4.96.